The van der Waals surface area contributed by atoms with E-state index in [1.54, 1.807) is 12.1 Å². The minimum Gasteiger partial charge on any atom is -0.508 e. The Bertz CT molecular complexity index is 566. The van der Waals surface area contributed by atoms with Gasteiger partial charge in [-0.2, -0.15) is 0 Å². The standard InChI is InChI=1S/C18H22O4/c19-15-5-3-4-14(12-15)18-10-8-17(9-11-18,13-22-18)7-2-1-6-16(20)21/h1,3-6,12,19H,2,7-11,13H2,(H,20,21)/b6-1+. The van der Waals surface area contributed by atoms with Crippen molar-refractivity contribution in [2.45, 2.75) is 44.1 Å². The van der Waals surface area contributed by atoms with Crippen LogP contribution in [0.3, 0.4) is 0 Å². The number of benzene rings is 1. The van der Waals surface area contributed by atoms with Crippen LogP contribution in [0.1, 0.15) is 44.1 Å². The summed E-state index contributed by atoms with van der Waals surface area (Å²) in [6.07, 6.45) is 8.87. The molecule has 3 aliphatic rings. The monoisotopic (exact) mass is 302 g/mol. The van der Waals surface area contributed by atoms with E-state index in [-0.39, 0.29) is 16.8 Å². The molecule has 1 aliphatic carbocycles. The molecular weight excluding hydrogens is 280 g/mol. The van der Waals surface area contributed by atoms with Crippen LogP contribution in [0.2, 0.25) is 0 Å². The number of allylic oxidation sites excluding steroid dienone is 1. The number of phenols is 1. The van der Waals surface area contributed by atoms with Crippen molar-refractivity contribution in [1.29, 1.82) is 0 Å². The largest absolute Gasteiger partial charge is 0.508 e. The molecule has 2 saturated heterocycles. The molecule has 2 N–H and O–H groups in total. The van der Waals surface area contributed by atoms with Gasteiger partial charge in [-0.3, -0.25) is 0 Å². The fraction of sp³-hybridized carbons (Fsp3) is 0.500. The molecule has 1 saturated carbocycles. The van der Waals surface area contributed by atoms with Gasteiger partial charge in [-0.05, 0) is 61.6 Å². The Kier molecular flexibility index (Phi) is 3.96. The number of hydrogen-bond donors (Lipinski definition) is 2. The summed E-state index contributed by atoms with van der Waals surface area (Å²) in [6, 6.07) is 7.41. The molecule has 0 aromatic heterocycles. The van der Waals surface area contributed by atoms with Crippen LogP contribution in [0.25, 0.3) is 0 Å². The van der Waals surface area contributed by atoms with Gasteiger partial charge in [-0.15, -0.1) is 0 Å². The van der Waals surface area contributed by atoms with E-state index in [4.69, 9.17) is 9.84 Å². The number of ether oxygens (including phenoxy) is 1. The minimum absolute atomic E-state index is 0.196. The SMILES string of the molecule is O=C(O)/C=C/CCC12CCC(c3cccc(O)c3)(CC1)OC2. The van der Waals surface area contributed by atoms with Crippen LogP contribution >= 0.6 is 0 Å². The van der Waals surface area contributed by atoms with Crippen molar-refractivity contribution in [2.24, 2.45) is 5.41 Å². The molecule has 2 bridgehead atoms. The first kappa shape index (κ1) is 15.1. The van der Waals surface area contributed by atoms with Gasteiger partial charge in [-0.25, -0.2) is 4.79 Å². The highest BCUT2D eigenvalue weighted by atomic mass is 16.5. The Morgan fingerprint density at radius 2 is 2.05 bits per heavy atom. The number of hydrogen-bond acceptors (Lipinski definition) is 3. The predicted molar refractivity (Wildman–Crippen MR) is 82.6 cm³/mol. The second-order valence-corrected chi connectivity index (χ2v) is 6.61. The highest BCUT2D eigenvalue weighted by molar-refractivity contribution is 5.79. The van der Waals surface area contributed by atoms with Crippen molar-refractivity contribution >= 4 is 5.97 Å². The molecular formula is C18H22O4. The van der Waals surface area contributed by atoms with Crippen molar-refractivity contribution in [2.75, 3.05) is 6.61 Å². The van der Waals surface area contributed by atoms with Gasteiger partial charge in [0, 0.05) is 6.08 Å². The van der Waals surface area contributed by atoms with Crippen molar-refractivity contribution in [1.82, 2.24) is 0 Å². The summed E-state index contributed by atoms with van der Waals surface area (Å²) >= 11 is 0. The summed E-state index contributed by atoms with van der Waals surface area (Å²) < 4.78 is 6.24. The Morgan fingerprint density at radius 3 is 2.64 bits per heavy atom. The third kappa shape index (κ3) is 2.88. The molecule has 0 radical (unpaired) electrons. The van der Waals surface area contributed by atoms with E-state index >= 15 is 0 Å². The number of aromatic hydroxyl groups is 1. The van der Waals surface area contributed by atoms with Gasteiger partial charge in [0.05, 0.1) is 12.2 Å². The molecule has 2 aliphatic heterocycles. The van der Waals surface area contributed by atoms with E-state index in [1.165, 1.54) is 6.08 Å². The molecule has 0 atom stereocenters. The fourth-order valence-corrected chi connectivity index (χ4v) is 3.82. The summed E-state index contributed by atoms with van der Waals surface area (Å²) in [5.41, 5.74) is 1.03. The minimum atomic E-state index is -0.885. The molecule has 4 heteroatoms. The van der Waals surface area contributed by atoms with Crippen molar-refractivity contribution in [3.8, 4) is 5.75 Å². The Labute approximate surface area is 130 Å². The van der Waals surface area contributed by atoms with Crippen molar-refractivity contribution in [3.05, 3.63) is 42.0 Å². The number of carboxylic acids is 1. The normalized spacial score (nSPS) is 30.7. The average molecular weight is 302 g/mol. The maximum atomic E-state index is 10.5. The van der Waals surface area contributed by atoms with E-state index < -0.39 is 5.97 Å². The zero-order valence-electron chi connectivity index (χ0n) is 12.6. The van der Waals surface area contributed by atoms with Crippen LogP contribution in [-0.2, 0) is 15.1 Å². The van der Waals surface area contributed by atoms with Gasteiger partial charge in [0.15, 0.2) is 0 Å². The first-order valence-corrected chi connectivity index (χ1v) is 7.87. The van der Waals surface area contributed by atoms with Crippen molar-refractivity contribution < 1.29 is 19.7 Å². The van der Waals surface area contributed by atoms with Gasteiger partial charge < -0.3 is 14.9 Å². The van der Waals surface area contributed by atoms with Crippen LogP contribution in [0.4, 0.5) is 0 Å². The van der Waals surface area contributed by atoms with Crippen molar-refractivity contribution in [3.63, 3.8) is 0 Å². The summed E-state index contributed by atoms with van der Waals surface area (Å²) in [7, 11) is 0. The first-order valence-electron chi connectivity index (χ1n) is 7.87. The second-order valence-electron chi connectivity index (χ2n) is 6.61. The first-order chi connectivity index (χ1) is 10.5. The molecule has 4 nitrogen and oxygen atoms in total. The van der Waals surface area contributed by atoms with E-state index in [9.17, 15) is 9.90 Å². The average Bonchev–Trinajstić information content (AvgIpc) is 2.53. The number of carboxylic acid groups (broad SMARTS) is 1. The van der Waals surface area contributed by atoms with Crippen LogP contribution in [0, 0.1) is 5.41 Å². The molecule has 22 heavy (non-hydrogen) atoms. The van der Waals surface area contributed by atoms with Gasteiger partial charge in [0.2, 0.25) is 0 Å². The molecule has 0 amide bonds. The molecule has 4 rings (SSSR count). The van der Waals surface area contributed by atoms with E-state index in [2.05, 4.69) is 0 Å². The Morgan fingerprint density at radius 1 is 1.27 bits per heavy atom. The molecule has 1 aromatic carbocycles. The summed E-state index contributed by atoms with van der Waals surface area (Å²) in [5.74, 6) is -0.597. The molecule has 2 heterocycles. The topological polar surface area (TPSA) is 66.8 Å². The predicted octanol–water partition coefficient (Wildman–Crippen LogP) is 3.60. The van der Waals surface area contributed by atoms with E-state index in [0.717, 1.165) is 50.7 Å². The number of carbonyl (C=O) groups is 1. The summed E-state index contributed by atoms with van der Waals surface area (Å²) in [5, 5.41) is 18.3. The highest BCUT2D eigenvalue weighted by Crippen LogP contribution is 2.55. The van der Waals surface area contributed by atoms with Gasteiger partial charge >= 0.3 is 5.97 Å². The van der Waals surface area contributed by atoms with Crippen LogP contribution < -0.4 is 0 Å². The Balaban J connectivity index is 1.65. The lowest BCUT2D eigenvalue weighted by Crippen LogP contribution is -2.49. The third-order valence-electron chi connectivity index (χ3n) is 5.25. The van der Waals surface area contributed by atoms with Crippen LogP contribution in [0.15, 0.2) is 36.4 Å². The molecule has 1 aromatic rings. The fourth-order valence-electron chi connectivity index (χ4n) is 3.82. The van der Waals surface area contributed by atoms with E-state index in [0.29, 0.717) is 0 Å². The molecule has 118 valence electrons. The van der Waals surface area contributed by atoms with Gasteiger partial charge in [-0.1, -0.05) is 18.2 Å². The smallest absolute Gasteiger partial charge is 0.327 e. The lowest BCUT2D eigenvalue weighted by Gasteiger charge is -2.53. The van der Waals surface area contributed by atoms with E-state index in [1.807, 2.05) is 18.2 Å². The molecule has 0 spiro atoms. The number of aliphatic carboxylic acids is 1. The molecule has 3 fully saturated rings. The Hall–Kier alpha value is -1.81. The molecule has 0 unspecified atom stereocenters. The van der Waals surface area contributed by atoms with Crippen LogP contribution in [0.5, 0.6) is 5.75 Å². The summed E-state index contributed by atoms with van der Waals surface area (Å²) in [4.78, 5) is 10.5. The maximum absolute atomic E-state index is 10.5. The maximum Gasteiger partial charge on any atom is 0.327 e. The van der Waals surface area contributed by atoms with Crippen LogP contribution in [-0.4, -0.2) is 22.8 Å². The number of phenolic OH excluding ortho intramolecular Hbond substituents is 1. The number of fused-ring (bicyclic) bond motifs is 3. The van der Waals surface area contributed by atoms with Gasteiger partial charge in [0.1, 0.15) is 5.75 Å². The summed E-state index contributed by atoms with van der Waals surface area (Å²) in [6.45, 7) is 0.726. The van der Waals surface area contributed by atoms with Gasteiger partial charge in [0.25, 0.3) is 0 Å². The number of rotatable bonds is 5. The highest BCUT2D eigenvalue weighted by Gasteiger charge is 2.50. The third-order valence-corrected chi connectivity index (χ3v) is 5.25. The lowest BCUT2D eigenvalue weighted by atomic mass is 9.62. The lowest BCUT2D eigenvalue weighted by molar-refractivity contribution is -0.191. The quantitative estimate of drug-likeness (QED) is 0.816. The zero-order valence-corrected chi connectivity index (χ0v) is 12.6. The zero-order chi connectivity index (χ0) is 15.6. The second kappa shape index (κ2) is 5.76.